The van der Waals surface area contributed by atoms with E-state index in [0.717, 1.165) is 50.1 Å². The minimum Gasteiger partial charge on any atom is -0.498 e. The lowest BCUT2D eigenvalue weighted by Crippen LogP contribution is -2.50. The molecule has 3 fully saturated rings. The number of esters is 1. The number of ether oxygens (including phenoxy) is 2. The van der Waals surface area contributed by atoms with E-state index in [1.165, 1.54) is 31.8 Å². The Morgan fingerprint density at radius 2 is 1.97 bits per heavy atom. The van der Waals surface area contributed by atoms with Crippen LogP contribution >= 0.6 is 0 Å². The quantitative estimate of drug-likeness (QED) is 0.193. The molecule has 3 saturated carbocycles. The minimum atomic E-state index is -0.156. The van der Waals surface area contributed by atoms with E-state index in [2.05, 4.69) is 19.9 Å². The van der Waals surface area contributed by atoms with Crippen LogP contribution in [0.5, 0.6) is 0 Å². The van der Waals surface area contributed by atoms with E-state index in [-0.39, 0.29) is 22.9 Å². The number of carbonyl (C=O) groups excluding carboxylic acids is 2. The molecule has 0 radical (unpaired) electrons. The molecule has 7 unspecified atom stereocenters. The van der Waals surface area contributed by atoms with Crippen LogP contribution in [0.25, 0.3) is 0 Å². The summed E-state index contributed by atoms with van der Waals surface area (Å²) in [6, 6.07) is 0. The van der Waals surface area contributed by atoms with E-state index in [1.54, 1.807) is 6.08 Å². The maximum atomic E-state index is 11.4. The molecule has 4 heteroatoms. The van der Waals surface area contributed by atoms with Gasteiger partial charge >= 0.3 is 5.97 Å². The average Bonchev–Trinajstić information content (AvgIpc) is 3.05. The van der Waals surface area contributed by atoms with Crippen molar-refractivity contribution >= 4 is 12.3 Å². The van der Waals surface area contributed by atoms with Gasteiger partial charge in [0.25, 0.3) is 0 Å². The summed E-state index contributed by atoms with van der Waals surface area (Å²) >= 11 is 0. The molecule has 4 nitrogen and oxygen atoms in total. The highest BCUT2D eigenvalue weighted by molar-refractivity contribution is 5.66. The zero-order valence-corrected chi connectivity index (χ0v) is 19.1. The largest absolute Gasteiger partial charge is 0.498 e. The summed E-state index contributed by atoms with van der Waals surface area (Å²) in [5.41, 5.74) is 2.01. The van der Waals surface area contributed by atoms with Gasteiger partial charge in [0.2, 0.25) is 0 Å². The Kier molecular flexibility index (Phi) is 5.89. The van der Waals surface area contributed by atoms with Gasteiger partial charge in [0.1, 0.15) is 18.1 Å². The van der Waals surface area contributed by atoms with Gasteiger partial charge in [-0.25, -0.2) is 0 Å². The molecule has 166 valence electrons. The van der Waals surface area contributed by atoms with Gasteiger partial charge in [-0.1, -0.05) is 25.5 Å². The molecular formula is C26H38O4. The van der Waals surface area contributed by atoms with Crippen molar-refractivity contribution < 1.29 is 19.1 Å². The van der Waals surface area contributed by atoms with E-state index < -0.39 is 0 Å². The van der Waals surface area contributed by atoms with Crippen molar-refractivity contribution in [2.24, 2.45) is 34.5 Å². The number of aldehydes is 1. The lowest BCUT2D eigenvalue weighted by Gasteiger charge is -2.58. The van der Waals surface area contributed by atoms with Crippen molar-refractivity contribution in [3.63, 3.8) is 0 Å². The zero-order chi connectivity index (χ0) is 21.5. The van der Waals surface area contributed by atoms with Crippen LogP contribution in [0.2, 0.25) is 0 Å². The fraction of sp³-hybridized carbons (Fsp3) is 0.769. The van der Waals surface area contributed by atoms with Crippen molar-refractivity contribution in [3.05, 3.63) is 23.5 Å². The van der Waals surface area contributed by atoms with Crippen LogP contribution < -0.4 is 0 Å². The molecule has 0 N–H and O–H groups in total. The third-order valence-electron chi connectivity index (χ3n) is 9.28. The highest BCUT2D eigenvalue weighted by Crippen LogP contribution is 2.67. The van der Waals surface area contributed by atoms with Crippen molar-refractivity contribution in [3.8, 4) is 0 Å². The molecule has 4 rings (SSSR count). The first-order chi connectivity index (χ1) is 14.3. The molecule has 7 atom stereocenters. The van der Waals surface area contributed by atoms with Crippen LogP contribution in [-0.4, -0.2) is 25.0 Å². The topological polar surface area (TPSA) is 52.6 Å². The SMILES string of the molecule is CCO/C(=C/C=O)C1CCC2C3CC=C4CC(OC(C)=O)CCC4(C)C3CCC12C. The second kappa shape index (κ2) is 8.16. The summed E-state index contributed by atoms with van der Waals surface area (Å²) in [6.45, 7) is 9.09. The van der Waals surface area contributed by atoms with Crippen molar-refractivity contribution in [1.29, 1.82) is 0 Å². The predicted molar refractivity (Wildman–Crippen MR) is 117 cm³/mol. The lowest BCUT2D eigenvalue weighted by atomic mass is 9.47. The van der Waals surface area contributed by atoms with Gasteiger partial charge < -0.3 is 9.47 Å². The van der Waals surface area contributed by atoms with Gasteiger partial charge in [-0.3, -0.25) is 9.59 Å². The normalized spacial score (nSPS) is 43.0. The summed E-state index contributed by atoms with van der Waals surface area (Å²) < 4.78 is 11.5. The second-order valence-electron chi connectivity index (χ2n) is 10.5. The third kappa shape index (κ3) is 3.44. The van der Waals surface area contributed by atoms with Crippen LogP contribution in [0.3, 0.4) is 0 Å². The van der Waals surface area contributed by atoms with E-state index in [0.29, 0.717) is 24.4 Å². The second-order valence-corrected chi connectivity index (χ2v) is 10.5. The van der Waals surface area contributed by atoms with E-state index in [9.17, 15) is 9.59 Å². The molecule has 0 aromatic rings. The first-order valence-electron chi connectivity index (χ1n) is 12.0. The van der Waals surface area contributed by atoms with E-state index in [4.69, 9.17) is 9.47 Å². The van der Waals surface area contributed by atoms with Gasteiger partial charge in [-0.2, -0.15) is 0 Å². The third-order valence-corrected chi connectivity index (χ3v) is 9.28. The molecule has 0 spiro atoms. The van der Waals surface area contributed by atoms with Gasteiger partial charge in [0.15, 0.2) is 0 Å². The monoisotopic (exact) mass is 414 g/mol. The van der Waals surface area contributed by atoms with Gasteiger partial charge in [-0.05, 0) is 80.5 Å². The first kappa shape index (κ1) is 21.6. The number of hydrogen-bond acceptors (Lipinski definition) is 4. The molecular weight excluding hydrogens is 376 g/mol. The summed E-state index contributed by atoms with van der Waals surface area (Å²) in [5, 5.41) is 0. The molecule has 30 heavy (non-hydrogen) atoms. The molecule has 0 heterocycles. The highest BCUT2D eigenvalue weighted by Gasteiger charge is 2.59. The molecule has 0 aromatic carbocycles. The van der Waals surface area contributed by atoms with Crippen LogP contribution in [0.15, 0.2) is 23.5 Å². The Hall–Kier alpha value is -1.58. The average molecular weight is 415 g/mol. The van der Waals surface area contributed by atoms with Gasteiger partial charge in [0, 0.05) is 25.3 Å². The van der Waals surface area contributed by atoms with Crippen LogP contribution in [0, 0.1) is 34.5 Å². The Labute approximate surface area is 181 Å². The van der Waals surface area contributed by atoms with E-state index >= 15 is 0 Å². The summed E-state index contributed by atoms with van der Waals surface area (Å²) in [5.74, 6) is 3.25. The molecule has 4 aliphatic rings. The number of rotatable bonds is 5. The fourth-order valence-corrected chi connectivity index (χ4v) is 7.93. The Morgan fingerprint density at radius 3 is 2.67 bits per heavy atom. The smallest absolute Gasteiger partial charge is 0.302 e. The molecule has 0 aliphatic heterocycles. The molecule has 0 aromatic heterocycles. The zero-order valence-electron chi connectivity index (χ0n) is 19.1. The maximum Gasteiger partial charge on any atom is 0.302 e. The van der Waals surface area contributed by atoms with Gasteiger partial charge in [-0.15, -0.1) is 0 Å². The Balaban J connectivity index is 1.57. The number of carbonyl (C=O) groups is 2. The van der Waals surface area contributed by atoms with Crippen LogP contribution in [0.4, 0.5) is 0 Å². The molecule has 0 amide bonds. The van der Waals surface area contributed by atoms with Crippen molar-refractivity contribution in [2.75, 3.05) is 6.61 Å². The molecule has 0 saturated heterocycles. The van der Waals surface area contributed by atoms with Crippen molar-refractivity contribution in [2.45, 2.75) is 85.2 Å². The Morgan fingerprint density at radius 1 is 1.17 bits per heavy atom. The summed E-state index contributed by atoms with van der Waals surface area (Å²) in [6.07, 6.45) is 14.1. The Bertz CT molecular complexity index is 752. The van der Waals surface area contributed by atoms with Crippen LogP contribution in [-0.2, 0) is 19.1 Å². The lowest BCUT2D eigenvalue weighted by molar-refractivity contribution is -0.148. The number of fused-ring (bicyclic) bond motifs is 5. The fourth-order valence-electron chi connectivity index (χ4n) is 7.93. The molecule has 4 aliphatic carbocycles. The van der Waals surface area contributed by atoms with Crippen molar-refractivity contribution in [1.82, 2.24) is 0 Å². The number of hydrogen-bond donors (Lipinski definition) is 0. The van der Waals surface area contributed by atoms with Crippen LogP contribution in [0.1, 0.15) is 79.1 Å². The minimum absolute atomic E-state index is 0.0605. The molecule has 0 bridgehead atoms. The van der Waals surface area contributed by atoms with E-state index in [1.807, 2.05) is 6.92 Å². The number of allylic oxidation sites excluding steroid dienone is 3. The van der Waals surface area contributed by atoms with Gasteiger partial charge in [0.05, 0.1) is 6.61 Å². The summed E-state index contributed by atoms with van der Waals surface area (Å²) in [7, 11) is 0. The standard InChI is InChI=1S/C26H38O4/c1-5-29-24(12-15-27)23-9-8-21-20-7-6-18-16-19(30-17(2)28)10-13-25(18,3)22(20)11-14-26(21,23)4/h6,12,15,19-23H,5,7-11,13-14,16H2,1-4H3/b24-12+. The first-order valence-corrected chi connectivity index (χ1v) is 12.0. The highest BCUT2D eigenvalue weighted by atomic mass is 16.5. The summed E-state index contributed by atoms with van der Waals surface area (Å²) in [4.78, 5) is 22.7. The predicted octanol–water partition coefficient (Wildman–Crippen LogP) is 5.62. The maximum absolute atomic E-state index is 11.4.